The number of carbonyl (C=O) groups excluding carboxylic acids is 1. The topological polar surface area (TPSA) is 83.5 Å². The number of fused-ring (bicyclic) bond motifs is 1. The number of hydrogen-bond acceptors (Lipinski definition) is 5. The first-order chi connectivity index (χ1) is 14.3. The van der Waals surface area contributed by atoms with Crippen molar-refractivity contribution >= 4 is 21.7 Å². The van der Waals surface area contributed by atoms with Crippen LogP contribution in [0.25, 0.3) is 0 Å². The first kappa shape index (κ1) is 20.9. The molecule has 0 radical (unpaired) electrons. The van der Waals surface area contributed by atoms with Crippen molar-refractivity contribution in [1.82, 2.24) is 14.3 Å². The van der Waals surface area contributed by atoms with Crippen molar-refractivity contribution in [2.75, 3.05) is 23.7 Å². The molecule has 1 amide bonds. The summed E-state index contributed by atoms with van der Waals surface area (Å²) in [5.74, 6) is 0.689. The van der Waals surface area contributed by atoms with Gasteiger partial charge in [-0.15, -0.1) is 0 Å². The standard InChI is InChI=1S/C21H25FN4O3S/c1-3-30(28,29)25-10-9-16(13-25)20-23-14(2)18-7-8-19(27)26(21(18)24-20)12-15-5-4-6-17(22)11-15/h4-6,11,16H,3,7-10,12-13H2,1-2H3/t16-/m1/s1. The fourth-order valence-electron chi connectivity index (χ4n) is 4.14. The Morgan fingerprint density at radius 2 is 2.03 bits per heavy atom. The van der Waals surface area contributed by atoms with E-state index >= 15 is 0 Å². The Kier molecular flexibility index (Phi) is 5.59. The summed E-state index contributed by atoms with van der Waals surface area (Å²) in [4.78, 5) is 23.7. The van der Waals surface area contributed by atoms with Crippen LogP contribution in [-0.4, -0.2) is 47.4 Å². The van der Waals surface area contributed by atoms with Crippen LogP contribution in [0.2, 0.25) is 0 Å². The molecule has 0 unspecified atom stereocenters. The second-order valence-corrected chi connectivity index (χ2v) is 10.1. The normalized spacial score (nSPS) is 19.9. The zero-order valence-corrected chi connectivity index (χ0v) is 18.0. The number of halogens is 1. The molecule has 7 nitrogen and oxygen atoms in total. The van der Waals surface area contributed by atoms with Crippen LogP contribution in [0.5, 0.6) is 0 Å². The molecule has 0 aliphatic carbocycles. The van der Waals surface area contributed by atoms with Gasteiger partial charge in [0.1, 0.15) is 17.5 Å². The fraction of sp³-hybridized carbons (Fsp3) is 0.476. The summed E-state index contributed by atoms with van der Waals surface area (Å²) in [5, 5.41) is 0. The van der Waals surface area contributed by atoms with Crippen molar-refractivity contribution in [3.8, 4) is 0 Å². The third kappa shape index (κ3) is 3.96. The van der Waals surface area contributed by atoms with E-state index in [1.807, 2.05) is 6.92 Å². The number of aryl methyl sites for hydroxylation is 1. The predicted molar refractivity (Wildman–Crippen MR) is 111 cm³/mol. The molecule has 9 heteroatoms. The van der Waals surface area contributed by atoms with Crippen molar-refractivity contribution < 1.29 is 17.6 Å². The van der Waals surface area contributed by atoms with Gasteiger partial charge in [0.05, 0.1) is 12.3 Å². The highest BCUT2D eigenvalue weighted by atomic mass is 32.2. The van der Waals surface area contributed by atoms with Gasteiger partial charge in [0, 0.05) is 36.7 Å². The molecule has 1 fully saturated rings. The maximum atomic E-state index is 13.6. The molecule has 1 atom stereocenters. The molecule has 2 aliphatic rings. The Morgan fingerprint density at radius 3 is 2.77 bits per heavy atom. The molecule has 1 saturated heterocycles. The summed E-state index contributed by atoms with van der Waals surface area (Å²) in [6, 6.07) is 6.19. The second-order valence-electron chi connectivity index (χ2n) is 7.82. The highest BCUT2D eigenvalue weighted by Gasteiger charge is 2.35. The number of nitrogens with zero attached hydrogens (tertiary/aromatic N) is 4. The summed E-state index contributed by atoms with van der Waals surface area (Å²) in [5.41, 5.74) is 2.42. The van der Waals surface area contributed by atoms with Crippen LogP contribution in [0.1, 0.15) is 48.3 Å². The highest BCUT2D eigenvalue weighted by Crippen LogP contribution is 2.33. The molecule has 4 rings (SSSR count). The lowest BCUT2D eigenvalue weighted by Gasteiger charge is -2.30. The maximum Gasteiger partial charge on any atom is 0.228 e. The van der Waals surface area contributed by atoms with Crippen LogP contribution in [-0.2, 0) is 27.8 Å². The number of aromatic nitrogens is 2. The summed E-state index contributed by atoms with van der Waals surface area (Å²) < 4.78 is 39.5. The molecule has 2 aromatic rings. The first-order valence-corrected chi connectivity index (χ1v) is 11.8. The van der Waals surface area contributed by atoms with E-state index in [0.717, 1.165) is 11.3 Å². The summed E-state index contributed by atoms with van der Waals surface area (Å²) in [6.07, 6.45) is 1.58. The smallest absolute Gasteiger partial charge is 0.228 e. The average molecular weight is 433 g/mol. The van der Waals surface area contributed by atoms with Crippen molar-refractivity contribution in [2.45, 2.75) is 45.6 Å². The molecule has 3 heterocycles. The SMILES string of the molecule is CCS(=O)(=O)N1CC[C@@H](c2nc(C)c3c(n2)N(Cc2cccc(F)c2)C(=O)CC3)C1. The minimum atomic E-state index is -3.25. The molecule has 2 aliphatic heterocycles. The predicted octanol–water partition coefficient (Wildman–Crippen LogP) is 2.54. The van der Waals surface area contributed by atoms with Crippen LogP contribution in [0.3, 0.4) is 0 Å². The molecular weight excluding hydrogens is 407 g/mol. The van der Waals surface area contributed by atoms with E-state index < -0.39 is 10.0 Å². The quantitative estimate of drug-likeness (QED) is 0.725. The third-order valence-corrected chi connectivity index (χ3v) is 7.71. The van der Waals surface area contributed by atoms with Gasteiger partial charge in [-0.1, -0.05) is 12.1 Å². The van der Waals surface area contributed by atoms with Gasteiger partial charge in [-0.3, -0.25) is 9.69 Å². The molecule has 30 heavy (non-hydrogen) atoms. The number of benzene rings is 1. The Morgan fingerprint density at radius 1 is 1.23 bits per heavy atom. The Labute approximate surface area is 176 Å². The lowest BCUT2D eigenvalue weighted by atomic mass is 10.0. The Bertz CT molecular complexity index is 1090. The third-order valence-electron chi connectivity index (χ3n) is 5.86. The Hall–Kier alpha value is -2.39. The molecular formula is C21H25FN4O3S. The Balaban J connectivity index is 1.66. The number of rotatable bonds is 5. The molecule has 0 saturated carbocycles. The minimum Gasteiger partial charge on any atom is -0.292 e. The van der Waals surface area contributed by atoms with Gasteiger partial charge < -0.3 is 0 Å². The van der Waals surface area contributed by atoms with Crippen LogP contribution in [0.15, 0.2) is 24.3 Å². The van der Waals surface area contributed by atoms with Gasteiger partial charge in [0.2, 0.25) is 15.9 Å². The van der Waals surface area contributed by atoms with Gasteiger partial charge >= 0.3 is 0 Å². The van der Waals surface area contributed by atoms with Gasteiger partial charge in [0.25, 0.3) is 0 Å². The number of sulfonamides is 1. The van der Waals surface area contributed by atoms with E-state index in [0.29, 0.717) is 49.6 Å². The van der Waals surface area contributed by atoms with Gasteiger partial charge in [-0.05, 0) is 44.4 Å². The van der Waals surface area contributed by atoms with Gasteiger partial charge in [0.15, 0.2) is 0 Å². The van der Waals surface area contributed by atoms with E-state index in [-0.39, 0.29) is 29.9 Å². The van der Waals surface area contributed by atoms with Gasteiger partial charge in [-0.25, -0.2) is 27.1 Å². The highest BCUT2D eigenvalue weighted by molar-refractivity contribution is 7.89. The lowest BCUT2D eigenvalue weighted by Crippen LogP contribution is -2.36. The molecule has 160 valence electrons. The van der Waals surface area contributed by atoms with Crippen LogP contribution < -0.4 is 4.90 Å². The second kappa shape index (κ2) is 8.03. The fourth-order valence-corrected chi connectivity index (χ4v) is 5.30. The van der Waals surface area contributed by atoms with Crippen LogP contribution in [0.4, 0.5) is 10.2 Å². The monoisotopic (exact) mass is 432 g/mol. The van der Waals surface area contributed by atoms with Crippen molar-refractivity contribution in [3.05, 3.63) is 52.7 Å². The molecule has 1 aromatic heterocycles. The largest absolute Gasteiger partial charge is 0.292 e. The summed E-state index contributed by atoms with van der Waals surface area (Å²) >= 11 is 0. The number of carbonyl (C=O) groups is 1. The van der Waals surface area contributed by atoms with E-state index in [4.69, 9.17) is 4.98 Å². The summed E-state index contributed by atoms with van der Waals surface area (Å²) in [6.45, 7) is 4.58. The van der Waals surface area contributed by atoms with Crippen LogP contribution in [0, 0.1) is 12.7 Å². The van der Waals surface area contributed by atoms with E-state index in [9.17, 15) is 17.6 Å². The average Bonchev–Trinajstić information content (AvgIpc) is 3.21. The summed E-state index contributed by atoms with van der Waals surface area (Å²) in [7, 11) is -3.25. The zero-order chi connectivity index (χ0) is 21.5. The van der Waals surface area contributed by atoms with Crippen molar-refractivity contribution in [3.63, 3.8) is 0 Å². The van der Waals surface area contributed by atoms with Gasteiger partial charge in [-0.2, -0.15) is 0 Å². The first-order valence-electron chi connectivity index (χ1n) is 10.2. The van der Waals surface area contributed by atoms with Crippen molar-refractivity contribution in [1.29, 1.82) is 0 Å². The zero-order valence-electron chi connectivity index (χ0n) is 17.1. The molecule has 0 spiro atoms. The minimum absolute atomic E-state index is 0.0579. The lowest BCUT2D eigenvalue weighted by molar-refractivity contribution is -0.119. The van der Waals surface area contributed by atoms with Crippen molar-refractivity contribution in [2.24, 2.45) is 0 Å². The number of anilines is 1. The number of amides is 1. The maximum absolute atomic E-state index is 13.6. The van der Waals surface area contributed by atoms with E-state index in [1.54, 1.807) is 24.0 Å². The molecule has 0 N–H and O–H groups in total. The van der Waals surface area contributed by atoms with E-state index in [1.165, 1.54) is 16.4 Å². The number of hydrogen-bond donors (Lipinski definition) is 0. The van der Waals surface area contributed by atoms with Crippen LogP contribution >= 0.6 is 0 Å². The molecule has 0 bridgehead atoms. The van der Waals surface area contributed by atoms with E-state index in [2.05, 4.69) is 4.98 Å². The molecule has 1 aromatic carbocycles.